The summed E-state index contributed by atoms with van der Waals surface area (Å²) >= 11 is 6.52. The maximum Gasteiger partial charge on any atom is 0.286 e. The third-order valence-electron chi connectivity index (χ3n) is 13.6. The molecule has 3 aliphatic heterocycles. The molecule has 0 unspecified atom stereocenters. The highest BCUT2D eigenvalue weighted by molar-refractivity contribution is 7.92. The Morgan fingerprint density at radius 1 is 1.14 bits per heavy atom. The van der Waals surface area contributed by atoms with Crippen molar-refractivity contribution in [2.24, 2.45) is 35.1 Å². The monoisotopic (exact) mass is 850 g/mol. The molecule has 3 aromatic rings. The predicted molar refractivity (Wildman–Crippen MR) is 228 cm³/mol. The molecule has 1 saturated carbocycles. The molecular weight excluding hydrogens is 792 g/mol. The summed E-state index contributed by atoms with van der Waals surface area (Å²) in [5.41, 5.74) is 3.41. The van der Waals surface area contributed by atoms with E-state index in [1.54, 1.807) is 13.1 Å². The molecule has 2 aromatic carbocycles. The lowest BCUT2D eigenvalue weighted by Gasteiger charge is -2.47. The zero-order valence-electron chi connectivity index (χ0n) is 35.2. The van der Waals surface area contributed by atoms with Crippen molar-refractivity contribution in [3.63, 3.8) is 0 Å². The van der Waals surface area contributed by atoms with E-state index in [9.17, 15) is 9.59 Å². The Labute approximate surface area is 353 Å². The van der Waals surface area contributed by atoms with Crippen LogP contribution in [0.15, 0.2) is 47.0 Å². The van der Waals surface area contributed by atoms with Gasteiger partial charge in [0.2, 0.25) is 5.88 Å². The van der Waals surface area contributed by atoms with Crippen molar-refractivity contribution in [2.45, 2.75) is 82.0 Å². The lowest BCUT2D eigenvalue weighted by Crippen LogP contribution is -2.50. The van der Waals surface area contributed by atoms with Gasteiger partial charge in [-0.15, -0.1) is 9.46 Å². The largest absolute Gasteiger partial charge is 0.490 e. The van der Waals surface area contributed by atoms with Crippen molar-refractivity contribution in [1.82, 2.24) is 19.4 Å². The molecule has 1 saturated heterocycles. The Bertz CT molecular complexity index is 2190. The van der Waals surface area contributed by atoms with E-state index in [-0.39, 0.29) is 58.3 Å². The van der Waals surface area contributed by atoms with Crippen molar-refractivity contribution < 1.29 is 32.7 Å². The average molecular weight is 852 g/mol. The van der Waals surface area contributed by atoms with Crippen LogP contribution in [-0.4, -0.2) is 109 Å². The second kappa shape index (κ2) is 17.0. The van der Waals surface area contributed by atoms with E-state index in [1.807, 2.05) is 32.2 Å². The quantitative estimate of drug-likeness (QED) is 0.288. The van der Waals surface area contributed by atoms with Crippen LogP contribution >= 0.6 is 11.6 Å². The lowest BCUT2D eigenvalue weighted by atomic mass is 9.67. The molecule has 1 spiro atoms. The van der Waals surface area contributed by atoms with Crippen LogP contribution in [0.1, 0.15) is 83.7 Å². The number of aryl methyl sites for hydroxylation is 2. The second-order valence-corrected chi connectivity index (χ2v) is 20.4. The molecule has 2 aliphatic carbocycles. The number of benzene rings is 2. The number of nitrogens with zero attached hydrogens (tertiary/aromatic N) is 5. The molecule has 1 N–H and O–H groups in total. The van der Waals surface area contributed by atoms with Gasteiger partial charge in [0.1, 0.15) is 21.2 Å². The first-order valence-electron chi connectivity index (χ1n) is 21.1. The Balaban J connectivity index is 1.21. The minimum atomic E-state index is -3.73. The normalized spacial score (nSPS) is 31.9. The highest BCUT2D eigenvalue weighted by atomic mass is 35.5. The van der Waals surface area contributed by atoms with Gasteiger partial charge in [0.15, 0.2) is 0 Å². The molecule has 15 heteroatoms. The molecular formula is C44H59ClN6O7S. The number of hydrogen-bond acceptors (Lipinski definition) is 10. The molecule has 320 valence electrons. The average Bonchev–Trinajstić information content (AvgIpc) is 3.75. The maximum atomic E-state index is 15.2. The molecule has 8 rings (SSSR count). The van der Waals surface area contributed by atoms with Crippen LogP contribution in [0.5, 0.6) is 11.6 Å². The lowest BCUT2D eigenvalue weighted by molar-refractivity contribution is -0.0448. The Morgan fingerprint density at radius 2 is 1.97 bits per heavy atom. The first-order chi connectivity index (χ1) is 28.3. The Morgan fingerprint density at radius 3 is 2.71 bits per heavy atom. The number of halogens is 1. The first-order valence-corrected chi connectivity index (χ1v) is 23.2. The van der Waals surface area contributed by atoms with E-state index in [0.717, 1.165) is 75.2 Å². The van der Waals surface area contributed by atoms with Crippen molar-refractivity contribution in [1.29, 1.82) is 0 Å². The minimum absolute atomic E-state index is 0.00599. The van der Waals surface area contributed by atoms with E-state index in [2.05, 4.69) is 50.2 Å². The van der Waals surface area contributed by atoms with Gasteiger partial charge in [-0.05, 0) is 137 Å². The molecule has 59 heavy (non-hydrogen) atoms. The zero-order chi connectivity index (χ0) is 41.6. The molecule has 0 radical (unpaired) electrons. The summed E-state index contributed by atoms with van der Waals surface area (Å²) in [6.07, 6.45) is 8.83. The second-order valence-electron chi connectivity index (χ2n) is 17.9. The van der Waals surface area contributed by atoms with Gasteiger partial charge in [-0.3, -0.25) is 19.0 Å². The highest BCUT2D eigenvalue weighted by Gasteiger charge is 2.47. The number of carbonyl (C=O) groups excluding carboxylic acids is 2. The fourth-order valence-corrected chi connectivity index (χ4v) is 12.7. The molecule has 13 nitrogen and oxygen atoms in total. The van der Waals surface area contributed by atoms with Gasteiger partial charge in [0.05, 0.1) is 43.5 Å². The smallest absolute Gasteiger partial charge is 0.286 e. The molecule has 2 fully saturated rings. The number of nitrogens with one attached hydrogen (secondary N) is 1. The summed E-state index contributed by atoms with van der Waals surface area (Å²) in [5.74, 6) is -0.195. The summed E-state index contributed by atoms with van der Waals surface area (Å²) in [5, 5.41) is 4.95. The van der Waals surface area contributed by atoms with E-state index in [4.69, 9.17) is 30.5 Å². The third-order valence-corrected chi connectivity index (χ3v) is 15.8. The number of carbonyl (C=O) groups is 2. The molecule has 2 bridgehead atoms. The van der Waals surface area contributed by atoms with E-state index in [1.165, 1.54) is 29.1 Å². The minimum Gasteiger partial charge on any atom is -0.490 e. The van der Waals surface area contributed by atoms with E-state index < -0.39 is 21.7 Å². The predicted octanol–water partition coefficient (Wildman–Crippen LogP) is 6.31. The number of methoxy groups -OCH3 is 2. The van der Waals surface area contributed by atoms with Gasteiger partial charge in [-0.25, -0.2) is 4.21 Å². The number of hydrogen-bond donors (Lipinski definition) is 1. The van der Waals surface area contributed by atoms with Crippen LogP contribution in [0.4, 0.5) is 5.69 Å². The van der Waals surface area contributed by atoms with Crippen molar-refractivity contribution in [2.75, 3.05) is 65.2 Å². The van der Waals surface area contributed by atoms with Crippen LogP contribution in [0.3, 0.4) is 0 Å². The number of anilines is 1. The third kappa shape index (κ3) is 8.62. The fraction of sp³-hybridized carbons (Fsp3) is 0.614. The van der Waals surface area contributed by atoms with Gasteiger partial charge in [0, 0.05) is 49.4 Å². The molecule has 4 heterocycles. The van der Waals surface area contributed by atoms with Crippen molar-refractivity contribution in [3.8, 4) is 11.6 Å². The van der Waals surface area contributed by atoms with E-state index in [0.29, 0.717) is 30.7 Å². The van der Waals surface area contributed by atoms with Gasteiger partial charge < -0.3 is 28.7 Å². The summed E-state index contributed by atoms with van der Waals surface area (Å²) in [7, 11) is 5.30. The van der Waals surface area contributed by atoms with Crippen molar-refractivity contribution >= 4 is 39.0 Å². The highest BCUT2D eigenvalue weighted by Crippen LogP contribution is 2.48. The Kier molecular flexibility index (Phi) is 12.1. The van der Waals surface area contributed by atoms with Crippen LogP contribution in [0.2, 0.25) is 5.02 Å². The summed E-state index contributed by atoms with van der Waals surface area (Å²) in [6, 6.07) is 11.6. The van der Waals surface area contributed by atoms with Crippen LogP contribution in [0.25, 0.3) is 0 Å². The maximum absolute atomic E-state index is 15.2. The van der Waals surface area contributed by atoms with Crippen LogP contribution < -0.4 is 19.1 Å². The molecule has 2 amide bonds. The molecule has 5 aliphatic rings. The first kappa shape index (κ1) is 42.0. The van der Waals surface area contributed by atoms with Gasteiger partial charge in [-0.1, -0.05) is 24.6 Å². The number of ether oxygens (including phenoxy) is 4. The number of rotatable bonds is 7. The fourth-order valence-electron chi connectivity index (χ4n) is 10.6. The standard InChI is InChI=1S/C44H59ClN6O7S/c1-27-24-59(54,48-42(53)35-23-50(4)46-43(35)56-6)47-41(52)29-10-14-38-37(20-29)51(25-44(26-57-38)16-7-8-28-18-32(45)11-13-36(28)44)22-30-9-12-34(30)39(55-5)21-31-19-33(58-40(27)31)15-17-49(2)3/h10-11,13-14,18,20,23,27,30-31,33-34,39-40H,7-9,12,15-17,19,21-22,24-26H2,1-6H3,(H,47,48,52,53,54)/t27-,30+,31-,33-,34-,39+,40-,44+,59+/m1/s1. The SMILES string of the molecule is COc1nn(C)cc1C(=O)N[S@@]1(=O)=NC(=O)c2ccc3c(c2)N(C[C@@H]2CC[C@H]2[C@@H](OC)C[C@H]2C[C@@H](CCN(C)C)O[C@@H]2[C@H](C)C1)C[C@@]1(CCCc2cc(Cl)ccc21)CO3. The molecule has 1 aromatic heterocycles. The summed E-state index contributed by atoms with van der Waals surface area (Å²) < 4.78 is 49.1. The Hall–Kier alpha value is -3.69. The summed E-state index contributed by atoms with van der Waals surface area (Å²) in [6.45, 7) is 4.83. The molecule has 9 atom stereocenters. The number of aromatic nitrogens is 2. The van der Waals surface area contributed by atoms with Crippen LogP contribution in [-0.2, 0) is 38.3 Å². The number of fused-ring (bicyclic) bond motifs is 5. The van der Waals surface area contributed by atoms with Crippen molar-refractivity contribution in [3.05, 3.63) is 69.9 Å². The van der Waals surface area contributed by atoms with E-state index >= 15 is 4.21 Å². The van der Waals surface area contributed by atoms with Gasteiger partial charge in [-0.2, -0.15) is 0 Å². The van der Waals surface area contributed by atoms with Gasteiger partial charge in [0.25, 0.3) is 11.8 Å². The summed E-state index contributed by atoms with van der Waals surface area (Å²) in [4.78, 5) is 32.9. The van der Waals surface area contributed by atoms with Gasteiger partial charge >= 0.3 is 0 Å². The zero-order valence-corrected chi connectivity index (χ0v) is 36.7. The topological polar surface area (TPSA) is 137 Å². The van der Waals surface area contributed by atoms with Crippen LogP contribution in [0, 0.1) is 23.7 Å². The number of amides is 2.